The van der Waals surface area contributed by atoms with Crippen LogP contribution in [-0.4, -0.2) is 0 Å². The van der Waals surface area contributed by atoms with Gasteiger partial charge in [-0.2, -0.15) is 0 Å². The fourth-order valence-corrected chi connectivity index (χ4v) is 1.92. The van der Waals surface area contributed by atoms with Crippen molar-refractivity contribution in [1.29, 1.82) is 0 Å². The van der Waals surface area contributed by atoms with Crippen molar-refractivity contribution in [3.8, 4) is 0 Å². The van der Waals surface area contributed by atoms with E-state index in [1.807, 2.05) is 6.07 Å². The highest BCUT2D eigenvalue weighted by molar-refractivity contribution is 5.45. The van der Waals surface area contributed by atoms with Crippen LogP contribution >= 0.6 is 0 Å². The summed E-state index contributed by atoms with van der Waals surface area (Å²) in [4.78, 5) is 0. The Morgan fingerprint density at radius 1 is 1.00 bits per heavy atom. The first kappa shape index (κ1) is 11.6. The van der Waals surface area contributed by atoms with Crippen LogP contribution < -0.4 is 5.32 Å². The summed E-state index contributed by atoms with van der Waals surface area (Å²) >= 11 is 0. The van der Waals surface area contributed by atoms with Crippen molar-refractivity contribution in [2.75, 3.05) is 5.32 Å². The number of aryl methyl sites for hydroxylation is 2. The Bertz CT molecular complexity index is 500. The number of anilines is 1. The minimum Gasteiger partial charge on any atom is -0.381 e. The molecule has 1 N–H and O–H groups in total. The summed E-state index contributed by atoms with van der Waals surface area (Å²) in [6.45, 7) is 4.91. The van der Waals surface area contributed by atoms with Gasteiger partial charge in [0.1, 0.15) is 5.82 Å². The van der Waals surface area contributed by atoms with Crippen LogP contribution in [0.4, 0.5) is 10.1 Å². The Morgan fingerprint density at radius 3 is 2.29 bits per heavy atom. The maximum absolute atomic E-state index is 13.0. The molecule has 0 aliphatic rings. The fraction of sp³-hybridized carbons (Fsp3) is 0.200. The monoisotopic (exact) mass is 229 g/mol. The summed E-state index contributed by atoms with van der Waals surface area (Å²) in [7, 11) is 0. The van der Waals surface area contributed by atoms with E-state index < -0.39 is 0 Å². The molecule has 0 fully saturated rings. The molecule has 0 aliphatic carbocycles. The minimum absolute atomic E-state index is 0.212. The summed E-state index contributed by atoms with van der Waals surface area (Å²) < 4.78 is 13.0. The molecule has 0 radical (unpaired) electrons. The molecule has 1 nitrogen and oxygen atoms in total. The van der Waals surface area contributed by atoms with E-state index in [0.717, 1.165) is 12.2 Å². The maximum atomic E-state index is 13.0. The first-order valence-corrected chi connectivity index (χ1v) is 5.71. The van der Waals surface area contributed by atoms with Gasteiger partial charge in [-0.3, -0.25) is 0 Å². The summed E-state index contributed by atoms with van der Waals surface area (Å²) in [5, 5.41) is 3.24. The topological polar surface area (TPSA) is 12.0 Å². The molecule has 2 rings (SSSR count). The Hall–Kier alpha value is -1.83. The van der Waals surface area contributed by atoms with Crippen molar-refractivity contribution >= 4 is 5.69 Å². The van der Waals surface area contributed by atoms with E-state index in [0.29, 0.717) is 0 Å². The average molecular weight is 229 g/mol. The van der Waals surface area contributed by atoms with E-state index in [4.69, 9.17) is 0 Å². The third kappa shape index (κ3) is 2.84. The van der Waals surface area contributed by atoms with Gasteiger partial charge in [-0.15, -0.1) is 0 Å². The second kappa shape index (κ2) is 5.00. The molecule has 2 aromatic rings. The Labute approximate surface area is 101 Å². The largest absolute Gasteiger partial charge is 0.381 e. The van der Waals surface area contributed by atoms with E-state index in [2.05, 4.69) is 37.4 Å². The lowest BCUT2D eigenvalue weighted by Gasteiger charge is -2.11. The molecule has 17 heavy (non-hydrogen) atoms. The molecule has 0 unspecified atom stereocenters. The lowest BCUT2D eigenvalue weighted by atomic mass is 10.0. The number of benzene rings is 2. The van der Waals surface area contributed by atoms with Crippen molar-refractivity contribution in [2.45, 2.75) is 20.4 Å². The molecule has 0 saturated carbocycles. The van der Waals surface area contributed by atoms with Crippen LogP contribution in [0.3, 0.4) is 0 Å². The molecule has 0 aromatic heterocycles. The highest BCUT2D eigenvalue weighted by Gasteiger charge is 2.02. The molecule has 0 bridgehead atoms. The first-order valence-electron chi connectivity index (χ1n) is 5.71. The predicted molar refractivity (Wildman–Crippen MR) is 69.6 cm³/mol. The molecule has 0 atom stereocenters. The van der Waals surface area contributed by atoms with Crippen LogP contribution in [0.15, 0.2) is 42.5 Å². The van der Waals surface area contributed by atoms with Crippen LogP contribution in [0.1, 0.15) is 16.7 Å². The molecular weight excluding hydrogens is 213 g/mol. The predicted octanol–water partition coefficient (Wildman–Crippen LogP) is 4.05. The first-order chi connectivity index (χ1) is 8.16. The van der Waals surface area contributed by atoms with Gasteiger partial charge in [-0.1, -0.05) is 24.3 Å². The van der Waals surface area contributed by atoms with Gasteiger partial charge < -0.3 is 5.32 Å². The smallest absolute Gasteiger partial charge is 0.125 e. The van der Waals surface area contributed by atoms with Crippen LogP contribution in [0.2, 0.25) is 0 Å². The van der Waals surface area contributed by atoms with Gasteiger partial charge in [-0.25, -0.2) is 4.39 Å². The summed E-state index contributed by atoms with van der Waals surface area (Å²) in [6, 6.07) is 12.8. The molecule has 0 amide bonds. The third-order valence-electron chi connectivity index (χ3n) is 2.94. The van der Waals surface area contributed by atoms with Gasteiger partial charge in [0.2, 0.25) is 0 Å². The van der Waals surface area contributed by atoms with Crippen LogP contribution in [0.5, 0.6) is 0 Å². The molecule has 0 heterocycles. The summed E-state index contributed by atoms with van der Waals surface area (Å²) in [5.41, 5.74) is 4.60. The number of halogens is 1. The number of hydrogen-bond acceptors (Lipinski definition) is 1. The minimum atomic E-state index is -0.212. The number of nitrogens with one attached hydrogen (secondary N) is 1. The van der Waals surface area contributed by atoms with Gasteiger partial charge in [0.25, 0.3) is 0 Å². The standard InChI is InChI=1S/C15H16FN/c1-11-5-3-6-12(2)15(11)10-17-14-8-4-7-13(16)9-14/h3-9,17H,10H2,1-2H3. The normalized spacial score (nSPS) is 10.3. The van der Waals surface area contributed by atoms with Crippen LogP contribution in [0.25, 0.3) is 0 Å². The second-order valence-corrected chi connectivity index (χ2v) is 4.23. The lowest BCUT2D eigenvalue weighted by molar-refractivity contribution is 0.628. The summed E-state index contributed by atoms with van der Waals surface area (Å²) in [6.07, 6.45) is 0. The van der Waals surface area contributed by atoms with Crippen molar-refractivity contribution in [3.63, 3.8) is 0 Å². The van der Waals surface area contributed by atoms with Crippen molar-refractivity contribution < 1.29 is 4.39 Å². The molecule has 88 valence electrons. The van der Waals surface area contributed by atoms with E-state index in [9.17, 15) is 4.39 Å². The quantitative estimate of drug-likeness (QED) is 0.837. The Morgan fingerprint density at radius 2 is 1.65 bits per heavy atom. The molecule has 0 saturated heterocycles. The van der Waals surface area contributed by atoms with Gasteiger partial charge in [0.15, 0.2) is 0 Å². The van der Waals surface area contributed by atoms with Crippen LogP contribution in [-0.2, 0) is 6.54 Å². The van der Waals surface area contributed by atoms with Crippen molar-refractivity contribution in [2.24, 2.45) is 0 Å². The van der Waals surface area contributed by atoms with Gasteiger partial charge >= 0.3 is 0 Å². The zero-order chi connectivity index (χ0) is 12.3. The van der Waals surface area contributed by atoms with E-state index in [1.165, 1.54) is 28.8 Å². The second-order valence-electron chi connectivity index (χ2n) is 4.23. The van der Waals surface area contributed by atoms with Crippen molar-refractivity contribution in [1.82, 2.24) is 0 Å². The highest BCUT2D eigenvalue weighted by atomic mass is 19.1. The van der Waals surface area contributed by atoms with E-state index in [1.54, 1.807) is 6.07 Å². The van der Waals surface area contributed by atoms with E-state index in [-0.39, 0.29) is 5.82 Å². The Balaban J connectivity index is 2.13. The molecule has 2 heteroatoms. The van der Waals surface area contributed by atoms with Crippen molar-refractivity contribution in [3.05, 3.63) is 65.0 Å². The fourth-order valence-electron chi connectivity index (χ4n) is 1.92. The lowest BCUT2D eigenvalue weighted by Crippen LogP contribution is -2.03. The zero-order valence-corrected chi connectivity index (χ0v) is 10.1. The van der Waals surface area contributed by atoms with Crippen LogP contribution in [0, 0.1) is 19.7 Å². The maximum Gasteiger partial charge on any atom is 0.125 e. The molecule has 0 spiro atoms. The Kier molecular flexibility index (Phi) is 3.43. The third-order valence-corrected chi connectivity index (χ3v) is 2.94. The summed E-state index contributed by atoms with van der Waals surface area (Å²) in [5.74, 6) is -0.212. The number of rotatable bonds is 3. The zero-order valence-electron chi connectivity index (χ0n) is 10.1. The molecule has 2 aromatic carbocycles. The average Bonchev–Trinajstić information content (AvgIpc) is 2.28. The van der Waals surface area contributed by atoms with Gasteiger partial charge in [0.05, 0.1) is 0 Å². The SMILES string of the molecule is Cc1cccc(C)c1CNc1cccc(F)c1. The molecular formula is C15H16FN. The van der Waals surface area contributed by atoms with E-state index >= 15 is 0 Å². The molecule has 0 aliphatic heterocycles. The van der Waals surface area contributed by atoms with Gasteiger partial charge in [-0.05, 0) is 48.7 Å². The van der Waals surface area contributed by atoms with Gasteiger partial charge in [0, 0.05) is 12.2 Å². The highest BCUT2D eigenvalue weighted by Crippen LogP contribution is 2.16. The number of hydrogen-bond donors (Lipinski definition) is 1.